The molecular formula is C7H6ClN3S4. The molecule has 0 aliphatic rings. The average Bonchev–Trinajstić information content (AvgIpc) is 2.83. The maximum atomic E-state index is 5.74. The molecule has 2 aromatic heterocycles. The number of thiazole rings is 1. The van der Waals surface area contributed by atoms with Gasteiger partial charge in [0.15, 0.2) is 13.1 Å². The molecule has 0 saturated carbocycles. The van der Waals surface area contributed by atoms with E-state index in [0.29, 0.717) is 4.47 Å². The van der Waals surface area contributed by atoms with Crippen molar-refractivity contribution >= 4 is 57.8 Å². The summed E-state index contributed by atoms with van der Waals surface area (Å²) in [6.45, 7) is 0. The minimum atomic E-state index is 0.590. The Hall–Kier alpha value is 0.180. The smallest absolute Gasteiger partial charge is 0.183 e. The number of aromatic nitrogens is 3. The zero-order valence-corrected chi connectivity index (χ0v) is 11.7. The van der Waals surface area contributed by atoms with Gasteiger partial charge in [-0.05, 0) is 6.26 Å². The van der Waals surface area contributed by atoms with Gasteiger partial charge in [0.05, 0.1) is 0 Å². The first-order chi connectivity index (χ1) is 7.28. The third-order valence-electron chi connectivity index (χ3n) is 1.43. The highest BCUT2D eigenvalue weighted by molar-refractivity contribution is 8.02. The number of nitrogens with zero attached hydrogens (tertiary/aromatic N) is 3. The molecule has 2 heterocycles. The standard InChI is InChI=1S/C7H6ClN3S4/c1-12-6-10-11-7(15-6)13-3-4-2-9-5(8)14-4/h2H,3H2,1H3. The SMILES string of the molecule is CSc1nnc(SCc2cnc(Cl)s2)s1. The van der Waals surface area contributed by atoms with E-state index in [1.165, 1.54) is 11.3 Å². The van der Waals surface area contributed by atoms with E-state index in [0.717, 1.165) is 19.3 Å². The maximum absolute atomic E-state index is 5.74. The first-order valence-corrected chi connectivity index (χ1v) is 8.10. The Balaban J connectivity index is 1.93. The third kappa shape index (κ3) is 3.32. The Labute approximate surface area is 109 Å². The molecule has 0 spiro atoms. The van der Waals surface area contributed by atoms with E-state index in [1.54, 1.807) is 41.1 Å². The second-order valence-electron chi connectivity index (χ2n) is 2.41. The normalized spacial score (nSPS) is 10.8. The van der Waals surface area contributed by atoms with Crippen molar-refractivity contribution in [1.82, 2.24) is 15.2 Å². The summed E-state index contributed by atoms with van der Waals surface area (Å²) in [7, 11) is 0. The van der Waals surface area contributed by atoms with Gasteiger partial charge in [-0.3, -0.25) is 0 Å². The molecule has 80 valence electrons. The summed E-state index contributed by atoms with van der Waals surface area (Å²) in [4.78, 5) is 5.14. The molecule has 0 bridgehead atoms. The van der Waals surface area contributed by atoms with Gasteiger partial charge >= 0.3 is 0 Å². The highest BCUT2D eigenvalue weighted by Gasteiger charge is 2.05. The lowest BCUT2D eigenvalue weighted by Crippen LogP contribution is -1.74. The largest absolute Gasteiger partial charge is 0.233 e. The van der Waals surface area contributed by atoms with Crippen LogP contribution in [0, 0.1) is 0 Å². The highest BCUT2D eigenvalue weighted by atomic mass is 35.5. The van der Waals surface area contributed by atoms with Crippen LogP contribution in [0.25, 0.3) is 0 Å². The van der Waals surface area contributed by atoms with E-state index in [4.69, 9.17) is 11.6 Å². The summed E-state index contributed by atoms with van der Waals surface area (Å²) >= 11 is 12.1. The minimum Gasteiger partial charge on any atom is -0.233 e. The zero-order valence-electron chi connectivity index (χ0n) is 7.64. The van der Waals surface area contributed by atoms with Gasteiger partial charge in [-0.15, -0.1) is 21.5 Å². The molecule has 0 radical (unpaired) electrons. The van der Waals surface area contributed by atoms with Crippen LogP contribution in [0.4, 0.5) is 0 Å². The Kier molecular flexibility index (Phi) is 4.27. The van der Waals surface area contributed by atoms with Crippen molar-refractivity contribution in [2.75, 3.05) is 6.26 Å². The second kappa shape index (κ2) is 5.49. The Bertz CT molecular complexity index is 441. The summed E-state index contributed by atoms with van der Waals surface area (Å²) in [5.74, 6) is 0.855. The molecule has 0 unspecified atom stereocenters. The van der Waals surface area contributed by atoms with Crippen molar-refractivity contribution in [3.8, 4) is 0 Å². The van der Waals surface area contributed by atoms with E-state index in [9.17, 15) is 0 Å². The van der Waals surface area contributed by atoms with Gasteiger partial charge in [-0.1, -0.05) is 46.5 Å². The Morgan fingerprint density at radius 3 is 2.73 bits per heavy atom. The van der Waals surface area contributed by atoms with Crippen LogP contribution in [0.1, 0.15) is 4.88 Å². The van der Waals surface area contributed by atoms with Crippen LogP contribution in [-0.2, 0) is 5.75 Å². The monoisotopic (exact) mass is 295 g/mol. The van der Waals surface area contributed by atoms with Gasteiger partial charge in [0, 0.05) is 16.8 Å². The summed E-state index contributed by atoms with van der Waals surface area (Å²) in [5, 5.41) is 8.10. The van der Waals surface area contributed by atoms with Crippen molar-refractivity contribution in [3.05, 3.63) is 15.5 Å². The van der Waals surface area contributed by atoms with Crippen LogP contribution < -0.4 is 0 Å². The van der Waals surface area contributed by atoms with E-state index in [1.807, 2.05) is 6.26 Å². The second-order valence-corrected chi connectivity index (χ2v) is 7.36. The fourth-order valence-electron chi connectivity index (χ4n) is 0.821. The number of hydrogen-bond acceptors (Lipinski definition) is 7. The fourth-order valence-corrected chi connectivity index (χ4v) is 4.26. The Morgan fingerprint density at radius 2 is 2.13 bits per heavy atom. The van der Waals surface area contributed by atoms with E-state index in [-0.39, 0.29) is 0 Å². The van der Waals surface area contributed by atoms with E-state index in [2.05, 4.69) is 15.2 Å². The van der Waals surface area contributed by atoms with Crippen molar-refractivity contribution in [2.24, 2.45) is 0 Å². The van der Waals surface area contributed by atoms with Gasteiger partial charge in [0.25, 0.3) is 0 Å². The van der Waals surface area contributed by atoms with Crippen LogP contribution in [-0.4, -0.2) is 21.4 Å². The number of hydrogen-bond donors (Lipinski definition) is 0. The fraction of sp³-hybridized carbons (Fsp3) is 0.286. The highest BCUT2D eigenvalue weighted by Crippen LogP contribution is 2.31. The van der Waals surface area contributed by atoms with Gasteiger partial charge in [0.2, 0.25) is 0 Å². The predicted molar refractivity (Wildman–Crippen MR) is 68.4 cm³/mol. The zero-order chi connectivity index (χ0) is 10.7. The lowest BCUT2D eigenvalue weighted by molar-refractivity contribution is 0.956. The van der Waals surface area contributed by atoms with Crippen LogP contribution in [0.5, 0.6) is 0 Å². The minimum absolute atomic E-state index is 0.590. The quantitative estimate of drug-likeness (QED) is 0.805. The lowest BCUT2D eigenvalue weighted by atomic mass is 10.6. The number of halogens is 1. The molecule has 0 fully saturated rings. The van der Waals surface area contributed by atoms with Gasteiger partial charge in [0.1, 0.15) is 0 Å². The molecule has 2 aromatic rings. The maximum Gasteiger partial charge on any atom is 0.183 e. The molecule has 0 aliphatic heterocycles. The summed E-state index contributed by atoms with van der Waals surface area (Å²) in [6, 6.07) is 0. The number of rotatable bonds is 4. The summed E-state index contributed by atoms with van der Waals surface area (Å²) in [5.41, 5.74) is 0. The molecular weight excluding hydrogens is 290 g/mol. The van der Waals surface area contributed by atoms with Crippen LogP contribution in [0.3, 0.4) is 0 Å². The molecule has 2 rings (SSSR count). The molecule has 0 saturated heterocycles. The van der Waals surface area contributed by atoms with Crippen molar-refractivity contribution in [2.45, 2.75) is 14.4 Å². The molecule has 0 aliphatic carbocycles. The summed E-state index contributed by atoms with van der Waals surface area (Å²) in [6.07, 6.45) is 3.80. The molecule has 0 aromatic carbocycles. The molecule has 0 amide bonds. The van der Waals surface area contributed by atoms with Crippen LogP contribution >= 0.6 is 57.8 Å². The summed E-state index contributed by atoms with van der Waals surface area (Å²) < 4.78 is 2.58. The molecule has 3 nitrogen and oxygen atoms in total. The van der Waals surface area contributed by atoms with Gasteiger partial charge < -0.3 is 0 Å². The topological polar surface area (TPSA) is 38.7 Å². The Morgan fingerprint density at radius 1 is 1.33 bits per heavy atom. The van der Waals surface area contributed by atoms with Crippen molar-refractivity contribution < 1.29 is 0 Å². The van der Waals surface area contributed by atoms with Gasteiger partial charge in [-0.2, -0.15) is 0 Å². The first-order valence-electron chi connectivity index (χ1n) is 3.88. The molecule has 8 heteroatoms. The van der Waals surface area contributed by atoms with Crippen molar-refractivity contribution in [3.63, 3.8) is 0 Å². The van der Waals surface area contributed by atoms with Crippen molar-refractivity contribution in [1.29, 1.82) is 0 Å². The van der Waals surface area contributed by atoms with Crippen LogP contribution in [0.15, 0.2) is 14.9 Å². The predicted octanol–water partition coefficient (Wildman–Crippen LogP) is 3.66. The molecule has 15 heavy (non-hydrogen) atoms. The van der Waals surface area contributed by atoms with E-state index >= 15 is 0 Å². The molecule has 0 atom stereocenters. The first kappa shape index (κ1) is 11.7. The van der Waals surface area contributed by atoms with E-state index < -0.39 is 0 Å². The molecule has 0 N–H and O–H groups in total. The third-order valence-corrected chi connectivity index (χ3v) is 5.80. The number of thioether (sulfide) groups is 2. The lowest BCUT2D eigenvalue weighted by Gasteiger charge is -1.90. The van der Waals surface area contributed by atoms with Crippen LogP contribution in [0.2, 0.25) is 4.47 Å². The average molecular weight is 296 g/mol. The van der Waals surface area contributed by atoms with Gasteiger partial charge in [-0.25, -0.2) is 4.98 Å².